The molecular formula is C14H22BrN. The Morgan fingerprint density at radius 3 is 1.81 bits per heavy atom. The molecular weight excluding hydrogens is 262 g/mol. The van der Waals surface area contributed by atoms with Crippen LogP contribution >= 0.6 is 15.9 Å². The van der Waals surface area contributed by atoms with E-state index in [1.165, 1.54) is 21.2 Å². The molecule has 1 rings (SSSR count). The lowest BCUT2D eigenvalue weighted by molar-refractivity contribution is 0.741. The van der Waals surface area contributed by atoms with Crippen molar-refractivity contribution in [3.63, 3.8) is 0 Å². The van der Waals surface area contributed by atoms with Gasteiger partial charge in [0.25, 0.3) is 0 Å². The van der Waals surface area contributed by atoms with Gasteiger partial charge in [0.15, 0.2) is 0 Å². The van der Waals surface area contributed by atoms with Crippen LogP contribution in [0.2, 0.25) is 0 Å². The van der Waals surface area contributed by atoms with Crippen molar-refractivity contribution in [3.8, 4) is 0 Å². The Labute approximate surface area is 108 Å². The smallest absolute Gasteiger partial charge is 0.0208 e. The van der Waals surface area contributed by atoms with Crippen molar-refractivity contribution in [2.75, 3.05) is 7.05 Å². The minimum atomic E-state index is 0.568. The van der Waals surface area contributed by atoms with Crippen LogP contribution in [0.15, 0.2) is 16.6 Å². The zero-order chi connectivity index (χ0) is 12.3. The van der Waals surface area contributed by atoms with Gasteiger partial charge in [0, 0.05) is 11.0 Å². The lowest BCUT2D eigenvalue weighted by Crippen LogP contribution is -2.12. The highest BCUT2D eigenvalue weighted by molar-refractivity contribution is 9.10. The van der Waals surface area contributed by atoms with E-state index in [-0.39, 0.29) is 0 Å². The fourth-order valence-corrected chi connectivity index (χ4v) is 2.58. The molecule has 0 aliphatic carbocycles. The third-order valence-electron chi connectivity index (χ3n) is 2.88. The van der Waals surface area contributed by atoms with Gasteiger partial charge in [-0.3, -0.25) is 0 Å². The van der Waals surface area contributed by atoms with Gasteiger partial charge < -0.3 is 5.32 Å². The van der Waals surface area contributed by atoms with Crippen LogP contribution in [0.5, 0.6) is 0 Å². The van der Waals surface area contributed by atoms with Gasteiger partial charge in [-0.1, -0.05) is 43.6 Å². The molecule has 0 aliphatic heterocycles. The summed E-state index contributed by atoms with van der Waals surface area (Å²) in [7, 11) is 2.01. The van der Waals surface area contributed by atoms with E-state index in [0.29, 0.717) is 11.8 Å². The molecule has 0 heterocycles. The van der Waals surface area contributed by atoms with Crippen molar-refractivity contribution >= 4 is 15.9 Å². The molecule has 0 bridgehead atoms. The van der Waals surface area contributed by atoms with Gasteiger partial charge in [-0.25, -0.2) is 0 Å². The fraction of sp³-hybridized carbons (Fsp3) is 0.571. The number of hydrogen-bond donors (Lipinski definition) is 1. The number of halogens is 1. The molecule has 1 aromatic rings. The van der Waals surface area contributed by atoms with Gasteiger partial charge in [-0.15, -0.1) is 0 Å². The van der Waals surface area contributed by atoms with Crippen LogP contribution < -0.4 is 5.32 Å². The molecule has 2 heteroatoms. The number of nitrogens with one attached hydrogen (secondary N) is 1. The van der Waals surface area contributed by atoms with Crippen LogP contribution in [-0.4, -0.2) is 7.05 Å². The molecule has 0 atom stereocenters. The summed E-state index contributed by atoms with van der Waals surface area (Å²) in [6.07, 6.45) is 0. The first-order valence-corrected chi connectivity index (χ1v) is 6.73. The third-order valence-corrected chi connectivity index (χ3v) is 3.34. The molecule has 0 saturated heterocycles. The molecule has 90 valence electrons. The van der Waals surface area contributed by atoms with Crippen molar-refractivity contribution in [1.29, 1.82) is 0 Å². The summed E-state index contributed by atoms with van der Waals surface area (Å²) in [5.41, 5.74) is 4.37. The van der Waals surface area contributed by atoms with E-state index in [9.17, 15) is 0 Å². The van der Waals surface area contributed by atoms with Crippen molar-refractivity contribution < 1.29 is 0 Å². The first kappa shape index (κ1) is 13.7. The summed E-state index contributed by atoms with van der Waals surface area (Å²) in [5.74, 6) is 1.14. The Hall–Kier alpha value is -0.340. The number of benzene rings is 1. The standard InChI is InChI=1S/C14H22BrN/c1-9(2)12-6-11(15)7-13(10(3)4)14(12)8-16-5/h6-7,9-10,16H,8H2,1-5H3. The monoisotopic (exact) mass is 283 g/mol. The second-order valence-corrected chi connectivity index (χ2v) is 5.82. The summed E-state index contributed by atoms with van der Waals surface area (Å²) in [6, 6.07) is 4.51. The predicted octanol–water partition coefficient (Wildman–Crippen LogP) is 4.42. The summed E-state index contributed by atoms with van der Waals surface area (Å²) in [5, 5.41) is 3.28. The van der Waals surface area contributed by atoms with Crippen LogP contribution in [0, 0.1) is 0 Å². The number of rotatable bonds is 4. The van der Waals surface area contributed by atoms with E-state index in [2.05, 4.69) is 61.1 Å². The van der Waals surface area contributed by atoms with E-state index in [1.54, 1.807) is 0 Å². The second-order valence-electron chi connectivity index (χ2n) is 4.90. The maximum Gasteiger partial charge on any atom is 0.0208 e. The Kier molecular flexibility index (Phi) is 5.00. The predicted molar refractivity (Wildman–Crippen MR) is 75.1 cm³/mol. The summed E-state index contributed by atoms with van der Waals surface area (Å²) < 4.78 is 1.19. The first-order chi connectivity index (χ1) is 7.47. The highest BCUT2D eigenvalue weighted by Crippen LogP contribution is 2.31. The minimum Gasteiger partial charge on any atom is -0.316 e. The van der Waals surface area contributed by atoms with Crippen LogP contribution in [0.1, 0.15) is 56.2 Å². The third kappa shape index (κ3) is 3.08. The highest BCUT2D eigenvalue weighted by atomic mass is 79.9. The average Bonchev–Trinajstić information content (AvgIpc) is 2.19. The van der Waals surface area contributed by atoms with Gasteiger partial charge in [0.1, 0.15) is 0 Å². The van der Waals surface area contributed by atoms with Crippen molar-refractivity contribution in [2.45, 2.75) is 46.1 Å². The Bertz CT molecular complexity index is 327. The minimum absolute atomic E-state index is 0.568. The van der Waals surface area contributed by atoms with E-state index in [4.69, 9.17) is 0 Å². The normalized spacial score (nSPS) is 11.5. The van der Waals surface area contributed by atoms with Crippen LogP contribution in [0.4, 0.5) is 0 Å². The van der Waals surface area contributed by atoms with Crippen LogP contribution in [0.25, 0.3) is 0 Å². The Balaban J connectivity index is 3.35. The average molecular weight is 284 g/mol. The molecule has 0 aromatic heterocycles. The van der Waals surface area contributed by atoms with E-state index in [1.807, 2.05) is 7.05 Å². The Morgan fingerprint density at radius 1 is 1.06 bits per heavy atom. The van der Waals surface area contributed by atoms with Crippen molar-refractivity contribution in [3.05, 3.63) is 33.3 Å². The SMILES string of the molecule is CNCc1c(C(C)C)cc(Br)cc1C(C)C. The second kappa shape index (κ2) is 5.83. The molecule has 0 aliphatic rings. The molecule has 0 saturated carbocycles. The lowest BCUT2D eigenvalue weighted by atomic mass is 9.89. The van der Waals surface area contributed by atoms with Gasteiger partial charge in [-0.2, -0.15) is 0 Å². The molecule has 0 fully saturated rings. The van der Waals surface area contributed by atoms with Crippen molar-refractivity contribution in [2.24, 2.45) is 0 Å². The van der Waals surface area contributed by atoms with Crippen molar-refractivity contribution in [1.82, 2.24) is 5.32 Å². The molecule has 0 unspecified atom stereocenters. The molecule has 0 spiro atoms. The number of hydrogen-bond acceptors (Lipinski definition) is 1. The first-order valence-electron chi connectivity index (χ1n) is 5.94. The zero-order valence-electron chi connectivity index (χ0n) is 10.9. The molecule has 16 heavy (non-hydrogen) atoms. The summed E-state index contributed by atoms with van der Waals surface area (Å²) in [4.78, 5) is 0. The quantitative estimate of drug-likeness (QED) is 0.863. The highest BCUT2D eigenvalue weighted by Gasteiger charge is 2.14. The van der Waals surface area contributed by atoms with Gasteiger partial charge in [-0.05, 0) is 47.7 Å². The summed E-state index contributed by atoms with van der Waals surface area (Å²) in [6.45, 7) is 9.97. The van der Waals surface area contributed by atoms with Crippen LogP contribution in [0.3, 0.4) is 0 Å². The van der Waals surface area contributed by atoms with Gasteiger partial charge in [0.05, 0.1) is 0 Å². The molecule has 1 N–H and O–H groups in total. The van der Waals surface area contributed by atoms with Crippen LogP contribution in [-0.2, 0) is 6.54 Å². The topological polar surface area (TPSA) is 12.0 Å². The Morgan fingerprint density at radius 2 is 1.50 bits per heavy atom. The molecule has 0 amide bonds. The zero-order valence-corrected chi connectivity index (χ0v) is 12.5. The molecule has 1 aromatic carbocycles. The fourth-order valence-electron chi connectivity index (χ4n) is 2.09. The van der Waals surface area contributed by atoms with Gasteiger partial charge in [0.2, 0.25) is 0 Å². The van der Waals surface area contributed by atoms with E-state index < -0.39 is 0 Å². The van der Waals surface area contributed by atoms with E-state index >= 15 is 0 Å². The lowest BCUT2D eigenvalue weighted by Gasteiger charge is -2.20. The van der Waals surface area contributed by atoms with Gasteiger partial charge >= 0.3 is 0 Å². The maximum atomic E-state index is 3.61. The summed E-state index contributed by atoms with van der Waals surface area (Å²) >= 11 is 3.61. The largest absolute Gasteiger partial charge is 0.316 e. The molecule has 0 radical (unpaired) electrons. The molecule has 1 nitrogen and oxygen atoms in total. The van der Waals surface area contributed by atoms with E-state index in [0.717, 1.165) is 6.54 Å². The maximum absolute atomic E-state index is 3.61.